The van der Waals surface area contributed by atoms with Gasteiger partial charge in [0.1, 0.15) is 0 Å². The maximum atomic E-state index is 12.7. The Morgan fingerprint density at radius 1 is 1.26 bits per heavy atom. The molecule has 0 aromatic heterocycles. The Bertz CT molecular complexity index is 337. The summed E-state index contributed by atoms with van der Waals surface area (Å²) in [7, 11) is 1.74. The highest BCUT2D eigenvalue weighted by atomic mass is 35.5. The molecule has 1 saturated heterocycles. The molecule has 0 aromatic carbocycles. The predicted molar refractivity (Wildman–Crippen MR) is 76.2 cm³/mol. The molecule has 19 heavy (non-hydrogen) atoms. The number of fused-ring (bicyclic) bond motifs is 2. The first-order valence-corrected chi connectivity index (χ1v) is 7.28. The number of nitrogens with zero attached hydrogens (tertiary/aromatic N) is 1. The van der Waals surface area contributed by atoms with Crippen LogP contribution in [0.5, 0.6) is 0 Å². The third kappa shape index (κ3) is 2.63. The molecule has 1 amide bonds. The Balaban J connectivity index is 0.00000133. The number of carbonyl (C=O) groups is 1. The van der Waals surface area contributed by atoms with Crippen LogP contribution in [0.4, 0.5) is 0 Å². The van der Waals surface area contributed by atoms with Gasteiger partial charge in [-0.25, -0.2) is 0 Å². The molecule has 0 radical (unpaired) electrons. The molecule has 3 fully saturated rings. The number of hydrogen-bond acceptors (Lipinski definition) is 3. The third-order valence-corrected chi connectivity index (χ3v) is 5.29. The van der Waals surface area contributed by atoms with Crippen molar-refractivity contribution < 1.29 is 9.53 Å². The van der Waals surface area contributed by atoms with Crippen LogP contribution in [-0.2, 0) is 9.53 Å². The van der Waals surface area contributed by atoms with E-state index >= 15 is 0 Å². The van der Waals surface area contributed by atoms with Gasteiger partial charge in [-0.1, -0.05) is 0 Å². The van der Waals surface area contributed by atoms with Crippen molar-refractivity contribution in [2.24, 2.45) is 23.5 Å². The van der Waals surface area contributed by atoms with Crippen molar-refractivity contribution in [1.82, 2.24) is 4.90 Å². The van der Waals surface area contributed by atoms with E-state index in [2.05, 4.69) is 0 Å². The van der Waals surface area contributed by atoms with Crippen LogP contribution in [0.25, 0.3) is 0 Å². The number of piperidine rings is 1. The summed E-state index contributed by atoms with van der Waals surface area (Å²) in [5.74, 6) is 1.56. The molecule has 1 heterocycles. The van der Waals surface area contributed by atoms with E-state index in [1.807, 2.05) is 4.90 Å². The number of nitrogens with two attached hydrogens (primary N) is 1. The standard InChI is InChI=1S/C14H24N2O2.ClH/c1-18-11-3-2-6-16(8-11)14(17)12-9-4-5-10(7-9)13(12)15;/h9-13H,2-8,15H2,1H3;1H. The molecule has 5 heteroatoms. The van der Waals surface area contributed by atoms with Crippen LogP contribution >= 0.6 is 12.4 Å². The molecule has 5 atom stereocenters. The van der Waals surface area contributed by atoms with Gasteiger partial charge in [-0.2, -0.15) is 0 Å². The fourth-order valence-electron chi connectivity index (χ4n) is 4.24. The van der Waals surface area contributed by atoms with Gasteiger partial charge in [0.05, 0.1) is 12.0 Å². The highest BCUT2D eigenvalue weighted by molar-refractivity contribution is 5.85. The number of hydrogen-bond donors (Lipinski definition) is 1. The molecular weight excluding hydrogens is 264 g/mol. The molecule has 2 aliphatic carbocycles. The summed E-state index contributed by atoms with van der Waals surface area (Å²) in [6.45, 7) is 1.65. The minimum atomic E-state index is 0. The average Bonchev–Trinajstić information content (AvgIpc) is 2.99. The second kappa shape index (κ2) is 5.98. The minimum absolute atomic E-state index is 0. The molecule has 0 spiro atoms. The van der Waals surface area contributed by atoms with E-state index in [0.717, 1.165) is 25.9 Å². The Morgan fingerprint density at radius 2 is 2.00 bits per heavy atom. The topological polar surface area (TPSA) is 55.6 Å². The third-order valence-electron chi connectivity index (χ3n) is 5.29. The Morgan fingerprint density at radius 3 is 2.63 bits per heavy atom. The lowest BCUT2D eigenvalue weighted by Gasteiger charge is -2.37. The summed E-state index contributed by atoms with van der Waals surface area (Å²) in [5, 5.41) is 0. The van der Waals surface area contributed by atoms with Crippen molar-refractivity contribution in [2.75, 3.05) is 20.2 Å². The van der Waals surface area contributed by atoms with Gasteiger partial charge in [0.15, 0.2) is 0 Å². The summed E-state index contributed by atoms with van der Waals surface area (Å²) in [6, 6.07) is 0.110. The molecule has 3 rings (SSSR count). The molecule has 4 nitrogen and oxygen atoms in total. The Kier molecular flexibility index (Phi) is 4.75. The number of ether oxygens (including phenoxy) is 1. The maximum Gasteiger partial charge on any atom is 0.227 e. The zero-order valence-electron chi connectivity index (χ0n) is 11.6. The van der Waals surface area contributed by atoms with E-state index < -0.39 is 0 Å². The minimum Gasteiger partial charge on any atom is -0.380 e. The molecule has 3 aliphatic rings. The van der Waals surface area contributed by atoms with Gasteiger partial charge < -0.3 is 15.4 Å². The highest BCUT2D eigenvalue weighted by Crippen LogP contribution is 2.48. The summed E-state index contributed by atoms with van der Waals surface area (Å²) in [6.07, 6.45) is 5.97. The van der Waals surface area contributed by atoms with Crippen LogP contribution in [-0.4, -0.2) is 43.2 Å². The highest BCUT2D eigenvalue weighted by Gasteiger charge is 2.50. The maximum absolute atomic E-state index is 12.7. The van der Waals surface area contributed by atoms with Crippen LogP contribution in [0.1, 0.15) is 32.1 Å². The number of likely N-dealkylation sites (tertiary alicyclic amines) is 1. The first-order valence-electron chi connectivity index (χ1n) is 7.28. The first-order chi connectivity index (χ1) is 8.70. The lowest BCUT2D eigenvalue weighted by Crippen LogP contribution is -2.51. The van der Waals surface area contributed by atoms with E-state index in [0.29, 0.717) is 17.7 Å². The van der Waals surface area contributed by atoms with Gasteiger partial charge in [-0.05, 0) is 43.9 Å². The number of carbonyl (C=O) groups excluding carboxylic acids is 1. The second-order valence-corrected chi connectivity index (χ2v) is 6.22. The van der Waals surface area contributed by atoms with Crippen molar-refractivity contribution in [3.05, 3.63) is 0 Å². The lowest BCUT2D eigenvalue weighted by molar-refractivity contribution is -0.141. The van der Waals surface area contributed by atoms with Crippen LogP contribution < -0.4 is 5.73 Å². The fourth-order valence-corrected chi connectivity index (χ4v) is 4.24. The smallest absolute Gasteiger partial charge is 0.227 e. The van der Waals surface area contributed by atoms with E-state index in [4.69, 9.17) is 10.5 Å². The Hall–Kier alpha value is -0.320. The molecule has 1 aliphatic heterocycles. The number of methoxy groups -OCH3 is 1. The van der Waals surface area contributed by atoms with Gasteiger partial charge in [0.25, 0.3) is 0 Å². The zero-order valence-corrected chi connectivity index (χ0v) is 12.4. The number of amides is 1. The van der Waals surface area contributed by atoms with E-state index in [1.54, 1.807) is 7.11 Å². The van der Waals surface area contributed by atoms with E-state index in [1.165, 1.54) is 19.3 Å². The van der Waals surface area contributed by atoms with E-state index in [9.17, 15) is 4.79 Å². The van der Waals surface area contributed by atoms with Gasteiger partial charge in [-0.3, -0.25) is 4.79 Å². The van der Waals surface area contributed by atoms with Crippen LogP contribution in [0, 0.1) is 17.8 Å². The monoisotopic (exact) mass is 288 g/mol. The van der Waals surface area contributed by atoms with Gasteiger partial charge in [-0.15, -0.1) is 12.4 Å². The normalized spacial score (nSPS) is 41.2. The summed E-state index contributed by atoms with van der Waals surface area (Å²) >= 11 is 0. The Labute approximate surface area is 121 Å². The van der Waals surface area contributed by atoms with Crippen LogP contribution in [0.3, 0.4) is 0 Å². The van der Waals surface area contributed by atoms with Gasteiger partial charge >= 0.3 is 0 Å². The first kappa shape index (κ1) is 15.1. The summed E-state index contributed by atoms with van der Waals surface area (Å²) < 4.78 is 5.40. The van der Waals surface area contributed by atoms with E-state index in [-0.39, 0.29) is 30.5 Å². The van der Waals surface area contributed by atoms with Crippen molar-refractivity contribution in [3.63, 3.8) is 0 Å². The largest absolute Gasteiger partial charge is 0.380 e. The summed E-state index contributed by atoms with van der Waals surface area (Å²) in [4.78, 5) is 14.7. The molecule has 0 aromatic rings. The summed E-state index contributed by atoms with van der Waals surface area (Å²) in [5.41, 5.74) is 6.26. The van der Waals surface area contributed by atoms with Crippen LogP contribution in [0.2, 0.25) is 0 Å². The molecule has 2 N–H and O–H groups in total. The molecule has 2 bridgehead atoms. The average molecular weight is 289 g/mol. The van der Waals surface area contributed by atoms with Crippen LogP contribution in [0.15, 0.2) is 0 Å². The number of halogens is 1. The van der Waals surface area contributed by atoms with Crippen molar-refractivity contribution in [3.8, 4) is 0 Å². The lowest BCUT2D eigenvalue weighted by atomic mass is 9.83. The quantitative estimate of drug-likeness (QED) is 0.836. The fraction of sp³-hybridized carbons (Fsp3) is 0.929. The van der Waals surface area contributed by atoms with Gasteiger partial charge in [0.2, 0.25) is 5.91 Å². The van der Waals surface area contributed by atoms with Crippen molar-refractivity contribution in [2.45, 2.75) is 44.2 Å². The number of rotatable bonds is 2. The molecule has 110 valence electrons. The zero-order chi connectivity index (χ0) is 12.7. The predicted octanol–water partition coefficient (Wildman–Crippen LogP) is 1.42. The van der Waals surface area contributed by atoms with Crippen molar-refractivity contribution >= 4 is 18.3 Å². The van der Waals surface area contributed by atoms with Gasteiger partial charge in [0, 0.05) is 26.2 Å². The SMILES string of the molecule is COC1CCCN(C(=O)C2C3CCC(C3)C2N)C1.Cl. The molecule has 5 unspecified atom stereocenters. The second-order valence-electron chi connectivity index (χ2n) is 6.22. The molecule has 2 saturated carbocycles. The molecular formula is C14H25ClN2O2. The van der Waals surface area contributed by atoms with Crippen molar-refractivity contribution in [1.29, 1.82) is 0 Å².